The van der Waals surface area contributed by atoms with E-state index < -0.39 is 5.82 Å². The number of hydrogen-bond acceptors (Lipinski definition) is 4. The van der Waals surface area contributed by atoms with Crippen LogP contribution < -0.4 is 5.32 Å². The molecule has 2 aromatic rings. The summed E-state index contributed by atoms with van der Waals surface area (Å²) in [5.74, 6) is -0.514. The molecule has 30 heavy (non-hydrogen) atoms. The number of pyridine rings is 1. The summed E-state index contributed by atoms with van der Waals surface area (Å²) in [5.41, 5.74) is 2.42. The van der Waals surface area contributed by atoms with Crippen molar-refractivity contribution >= 4 is 23.5 Å². The molecule has 1 N–H and O–H groups in total. The first-order chi connectivity index (χ1) is 14.4. The molecule has 1 aromatic carbocycles. The lowest BCUT2D eigenvalue weighted by molar-refractivity contribution is -0.122. The van der Waals surface area contributed by atoms with Crippen LogP contribution in [0.2, 0.25) is 0 Å². The molecule has 0 radical (unpaired) electrons. The minimum atomic E-state index is -0.409. The van der Waals surface area contributed by atoms with Crippen molar-refractivity contribution < 1.29 is 14.0 Å². The average molecular weight is 429 g/mol. The second-order valence-electron chi connectivity index (χ2n) is 8.12. The minimum absolute atomic E-state index is 0.0324. The van der Waals surface area contributed by atoms with Crippen LogP contribution in [0.25, 0.3) is 0 Å². The average Bonchev–Trinajstić information content (AvgIpc) is 2.72. The van der Waals surface area contributed by atoms with Crippen molar-refractivity contribution in [2.75, 3.05) is 6.26 Å². The van der Waals surface area contributed by atoms with Crippen molar-refractivity contribution in [3.8, 4) is 0 Å². The summed E-state index contributed by atoms with van der Waals surface area (Å²) >= 11 is 1.66. The molecule has 1 aliphatic rings. The number of nitrogens with one attached hydrogen (secondary N) is 1. The van der Waals surface area contributed by atoms with E-state index in [0.717, 1.165) is 36.1 Å². The zero-order valence-electron chi connectivity index (χ0n) is 17.8. The highest BCUT2D eigenvalue weighted by Crippen LogP contribution is 2.38. The molecule has 0 spiro atoms. The molecule has 0 saturated heterocycles. The van der Waals surface area contributed by atoms with Crippen molar-refractivity contribution in [2.45, 2.75) is 62.8 Å². The van der Waals surface area contributed by atoms with Gasteiger partial charge in [0.05, 0.1) is 12.6 Å². The topological polar surface area (TPSA) is 59.1 Å². The number of Topliss-reactive ketones (excluding diaryl/α,β-unsaturated/α-hetero) is 1. The van der Waals surface area contributed by atoms with Gasteiger partial charge in [0.1, 0.15) is 11.6 Å². The molecule has 0 bridgehead atoms. The zero-order chi connectivity index (χ0) is 21.7. The number of aromatic nitrogens is 1. The maximum absolute atomic E-state index is 13.7. The number of carbonyl (C=O) groups is 2. The Balaban J connectivity index is 1.58. The summed E-state index contributed by atoms with van der Waals surface area (Å²) in [5, 5.41) is 3.15. The number of amides is 1. The molecule has 1 aliphatic carbocycles. The number of rotatable bonds is 7. The van der Waals surface area contributed by atoms with E-state index in [1.165, 1.54) is 12.3 Å². The maximum Gasteiger partial charge on any atom is 0.224 e. The summed E-state index contributed by atoms with van der Waals surface area (Å²) < 4.78 is 13.7. The highest BCUT2D eigenvalue weighted by molar-refractivity contribution is 7.98. The summed E-state index contributed by atoms with van der Waals surface area (Å²) in [7, 11) is 0. The number of halogens is 1. The van der Waals surface area contributed by atoms with E-state index in [-0.39, 0.29) is 29.6 Å². The second kappa shape index (κ2) is 10.2. The molecule has 1 saturated carbocycles. The van der Waals surface area contributed by atoms with E-state index in [2.05, 4.69) is 10.3 Å². The molecule has 160 valence electrons. The Bertz CT molecular complexity index is 910. The first-order valence-corrected chi connectivity index (χ1v) is 11.6. The Morgan fingerprint density at radius 1 is 1.23 bits per heavy atom. The fourth-order valence-electron chi connectivity index (χ4n) is 4.49. The van der Waals surface area contributed by atoms with Crippen molar-refractivity contribution in [1.82, 2.24) is 10.3 Å². The van der Waals surface area contributed by atoms with E-state index >= 15 is 0 Å². The van der Waals surface area contributed by atoms with Gasteiger partial charge in [0.25, 0.3) is 0 Å². The predicted octanol–water partition coefficient (Wildman–Crippen LogP) is 4.84. The Morgan fingerprint density at radius 3 is 2.63 bits per heavy atom. The number of hydrogen-bond donors (Lipinski definition) is 1. The molecule has 6 heteroatoms. The van der Waals surface area contributed by atoms with Gasteiger partial charge in [-0.3, -0.25) is 14.6 Å². The van der Waals surface area contributed by atoms with Crippen molar-refractivity contribution in [3.63, 3.8) is 0 Å². The monoisotopic (exact) mass is 428 g/mol. The summed E-state index contributed by atoms with van der Waals surface area (Å²) in [6, 6.07) is 9.61. The smallest absolute Gasteiger partial charge is 0.224 e. The molecule has 4 nitrogen and oxygen atoms in total. The largest absolute Gasteiger partial charge is 0.353 e. The normalized spacial score (nSPS) is 19.9. The third-order valence-corrected chi connectivity index (χ3v) is 6.70. The van der Waals surface area contributed by atoms with Gasteiger partial charge in [0.2, 0.25) is 5.91 Å². The third-order valence-electron chi connectivity index (χ3n) is 5.97. The molecule has 1 aromatic heterocycles. The van der Waals surface area contributed by atoms with E-state index in [0.29, 0.717) is 17.7 Å². The molecular weight excluding hydrogens is 399 g/mol. The molecule has 3 rings (SSSR count). The van der Waals surface area contributed by atoms with Gasteiger partial charge in [0, 0.05) is 22.5 Å². The molecule has 0 aliphatic heterocycles. The molecule has 1 atom stereocenters. The first-order valence-electron chi connectivity index (χ1n) is 10.4. The molecule has 1 fully saturated rings. The van der Waals surface area contributed by atoms with Crippen LogP contribution in [0.4, 0.5) is 4.39 Å². The van der Waals surface area contributed by atoms with Crippen LogP contribution in [-0.2, 0) is 16.0 Å². The first kappa shape index (κ1) is 22.5. The van der Waals surface area contributed by atoms with Gasteiger partial charge in [-0.15, -0.1) is 11.8 Å². The number of carbonyl (C=O) groups excluding carboxylic acids is 2. The quantitative estimate of drug-likeness (QED) is 0.641. The van der Waals surface area contributed by atoms with Crippen LogP contribution in [0.5, 0.6) is 0 Å². The van der Waals surface area contributed by atoms with Crippen molar-refractivity contribution in [2.24, 2.45) is 5.92 Å². The van der Waals surface area contributed by atoms with Gasteiger partial charge in [-0.05, 0) is 81.0 Å². The lowest BCUT2D eigenvalue weighted by atomic mass is 9.73. The van der Waals surface area contributed by atoms with Crippen molar-refractivity contribution in [1.29, 1.82) is 0 Å². The highest BCUT2D eigenvalue weighted by atomic mass is 32.2. The van der Waals surface area contributed by atoms with Crippen molar-refractivity contribution in [3.05, 3.63) is 59.2 Å². The Labute approximate surface area is 182 Å². The van der Waals surface area contributed by atoms with Crippen LogP contribution >= 0.6 is 11.8 Å². The highest BCUT2D eigenvalue weighted by Gasteiger charge is 2.33. The van der Waals surface area contributed by atoms with Gasteiger partial charge < -0.3 is 5.32 Å². The Morgan fingerprint density at radius 2 is 1.97 bits per heavy atom. The number of aryl methyl sites for hydroxylation is 1. The number of benzene rings is 1. The van der Waals surface area contributed by atoms with E-state index in [1.807, 2.05) is 37.4 Å². The van der Waals surface area contributed by atoms with Gasteiger partial charge in [-0.1, -0.05) is 12.1 Å². The fraction of sp³-hybridized carbons (Fsp3) is 0.458. The lowest BCUT2D eigenvalue weighted by Gasteiger charge is -2.33. The standard InChI is InChI=1S/C24H29FN2O2S/c1-15-22(13-19(25)14-26-15)24(16(2)28)18-7-9-20(10-8-18)27-23(29)12-17-5-4-6-21(11-17)30-3/h4-6,11,13-14,18,20,24H,7-10,12H2,1-3H3,(H,27,29). The van der Waals surface area contributed by atoms with Gasteiger partial charge in [-0.2, -0.15) is 0 Å². The van der Waals surface area contributed by atoms with Gasteiger partial charge >= 0.3 is 0 Å². The van der Waals surface area contributed by atoms with Crippen LogP contribution in [0.1, 0.15) is 55.3 Å². The Hall–Kier alpha value is -2.21. The molecule has 1 amide bonds. The SMILES string of the molecule is CSc1cccc(CC(=O)NC2CCC(C(C(C)=O)c3cc(F)cnc3C)CC2)c1. The van der Waals surface area contributed by atoms with Gasteiger partial charge in [0.15, 0.2) is 0 Å². The molecular formula is C24H29FN2O2S. The van der Waals surface area contributed by atoms with E-state index in [1.54, 1.807) is 18.7 Å². The van der Waals surface area contributed by atoms with Crippen LogP contribution in [-0.4, -0.2) is 29.0 Å². The number of thioether (sulfide) groups is 1. The molecule has 1 unspecified atom stereocenters. The predicted molar refractivity (Wildman–Crippen MR) is 118 cm³/mol. The maximum atomic E-state index is 13.7. The van der Waals surface area contributed by atoms with Gasteiger partial charge in [-0.25, -0.2) is 4.39 Å². The number of ketones is 1. The third kappa shape index (κ3) is 5.69. The molecule has 1 heterocycles. The number of nitrogens with zero attached hydrogens (tertiary/aromatic N) is 1. The zero-order valence-corrected chi connectivity index (χ0v) is 18.6. The van der Waals surface area contributed by atoms with Crippen LogP contribution in [0, 0.1) is 18.7 Å². The van der Waals surface area contributed by atoms with Crippen LogP contribution in [0.3, 0.4) is 0 Å². The second-order valence-corrected chi connectivity index (χ2v) is 9.00. The Kier molecular flexibility index (Phi) is 7.64. The van der Waals surface area contributed by atoms with E-state index in [4.69, 9.17) is 0 Å². The summed E-state index contributed by atoms with van der Waals surface area (Å²) in [6.07, 6.45) is 6.89. The summed E-state index contributed by atoms with van der Waals surface area (Å²) in [6.45, 7) is 3.40. The van der Waals surface area contributed by atoms with Crippen LogP contribution in [0.15, 0.2) is 41.4 Å². The van der Waals surface area contributed by atoms with E-state index in [9.17, 15) is 14.0 Å². The lowest BCUT2D eigenvalue weighted by Crippen LogP contribution is -2.39. The fourth-order valence-corrected chi connectivity index (χ4v) is 4.97. The minimum Gasteiger partial charge on any atom is -0.353 e. The summed E-state index contributed by atoms with van der Waals surface area (Å²) in [4.78, 5) is 30.1.